The van der Waals surface area contributed by atoms with Crippen LogP contribution in [0.5, 0.6) is 0 Å². The molecule has 2 rings (SSSR count). The summed E-state index contributed by atoms with van der Waals surface area (Å²) in [5.74, 6) is 0. The van der Waals surface area contributed by atoms with Crippen molar-refractivity contribution in [2.24, 2.45) is 0 Å². The van der Waals surface area contributed by atoms with Crippen molar-refractivity contribution in [3.05, 3.63) is 0 Å². The molecule has 0 unspecified atom stereocenters. The zero-order valence-electron chi connectivity index (χ0n) is 12.7. The first-order chi connectivity index (χ1) is 9.53. The second kappa shape index (κ2) is 6.45. The summed E-state index contributed by atoms with van der Waals surface area (Å²) in [6.45, 7) is 6.85. The van der Waals surface area contributed by atoms with Gasteiger partial charge >= 0.3 is 6.03 Å². The molecule has 0 aromatic carbocycles. The summed E-state index contributed by atoms with van der Waals surface area (Å²) in [6, 6.07) is 2.77. The van der Waals surface area contributed by atoms with Crippen LogP contribution in [-0.2, 0) is 0 Å². The Hall–Kier alpha value is -1.28. The second-order valence-electron chi connectivity index (χ2n) is 6.43. The van der Waals surface area contributed by atoms with Crippen LogP contribution in [0.15, 0.2) is 0 Å². The van der Waals surface area contributed by atoms with Crippen molar-refractivity contribution in [2.75, 3.05) is 26.2 Å². The van der Waals surface area contributed by atoms with Gasteiger partial charge < -0.3 is 10.2 Å². The highest BCUT2D eigenvalue weighted by atomic mass is 16.2. The van der Waals surface area contributed by atoms with Gasteiger partial charge in [0.1, 0.15) is 5.54 Å². The molecule has 2 amide bonds. The molecular formula is C15H26N4O. The largest absolute Gasteiger partial charge is 0.335 e. The van der Waals surface area contributed by atoms with Crippen LogP contribution in [0.3, 0.4) is 0 Å². The van der Waals surface area contributed by atoms with Gasteiger partial charge in [-0.1, -0.05) is 19.3 Å². The molecule has 1 aliphatic heterocycles. The van der Waals surface area contributed by atoms with Crippen molar-refractivity contribution in [1.82, 2.24) is 15.1 Å². The number of carbonyl (C=O) groups is 1. The molecule has 2 fully saturated rings. The van der Waals surface area contributed by atoms with Gasteiger partial charge in [0.2, 0.25) is 0 Å². The predicted octanol–water partition coefficient (Wildman–Crippen LogP) is 1.95. The fourth-order valence-electron chi connectivity index (χ4n) is 3.05. The Kier molecular flexibility index (Phi) is 4.87. The summed E-state index contributed by atoms with van der Waals surface area (Å²) >= 11 is 0. The minimum absolute atomic E-state index is 0.0753. The van der Waals surface area contributed by atoms with E-state index in [1.165, 1.54) is 19.3 Å². The lowest BCUT2D eigenvalue weighted by Crippen LogP contribution is -2.57. The Labute approximate surface area is 121 Å². The molecule has 0 radical (unpaired) electrons. The molecule has 0 bridgehead atoms. The van der Waals surface area contributed by atoms with Gasteiger partial charge in [-0.15, -0.1) is 0 Å². The summed E-state index contributed by atoms with van der Waals surface area (Å²) in [5.41, 5.74) is -0.439. The van der Waals surface area contributed by atoms with Crippen LogP contribution in [0.1, 0.15) is 46.0 Å². The van der Waals surface area contributed by atoms with E-state index in [1.807, 2.05) is 18.7 Å². The van der Waals surface area contributed by atoms with Gasteiger partial charge in [-0.2, -0.15) is 5.26 Å². The second-order valence-corrected chi connectivity index (χ2v) is 6.43. The lowest BCUT2D eigenvalue weighted by Gasteiger charge is -2.40. The molecule has 1 aliphatic carbocycles. The first-order valence-electron chi connectivity index (χ1n) is 7.75. The van der Waals surface area contributed by atoms with Crippen LogP contribution >= 0.6 is 0 Å². The molecule has 1 N–H and O–H groups in total. The van der Waals surface area contributed by atoms with E-state index in [9.17, 15) is 4.79 Å². The average molecular weight is 278 g/mol. The number of rotatable bonds is 2. The first kappa shape index (κ1) is 15.1. The number of hydrogen-bond donors (Lipinski definition) is 1. The Morgan fingerprint density at radius 2 is 1.75 bits per heavy atom. The maximum atomic E-state index is 12.2. The van der Waals surface area contributed by atoms with Crippen molar-refractivity contribution < 1.29 is 4.79 Å². The molecule has 5 nitrogen and oxygen atoms in total. The zero-order chi connectivity index (χ0) is 14.6. The van der Waals surface area contributed by atoms with Crippen LogP contribution < -0.4 is 5.32 Å². The highest BCUT2D eigenvalue weighted by Gasteiger charge is 2.31. The van der Waals surface area contributed by atoms with Crippen LogP contribution in [0.25, 0.3) is 0 Å². The van der Waals surface area contributed by atoms with E-state index in [-0.39, 0.29) is 6.03 Å². The van der Waals surface area contributed by atoms with E-state index in [4.69, 9.17) is 5.26 Å². The predicted molar refractivity (Wildman–Crippen MR) is 78.2 cm³/mol. The number of urea groups is 1. The molecule has 20 heavy (non-hydrogen) atoms. The number of amides is 2. The fraction of sp³-hybridized carbons (Fsp3) is 0.867. The van der Waals surface area contributed by atoms with Crippen LogP contribution in [-0.4, -0.2) is 53.6 Å². The molecule has 1 saturated carbocycles. The Balaban J connectivity index is 1.78. The fourth-order valence-corrected chi connectivity index (χ4v) is 3.05. The molecule has 0 aromatic heterocycles. The van der Waals surface area contributed by atoms with Gasteiger partial charge in [-0.25, -0.2) is 4.79 Å². The maximum Gasteiger partial charge on any atom is 0.317 e. The number of nitrogens with zero attached hydrogens (tertiary/aromatic N) is 3. The number of nitriles is 1. The standard InChI is InChI=1S/C15H26N4O/c1-15(2,12-16)19-10-8-18(9-11-19)14(20)17-13-6-4-3-5-7-13/h13H,3-11H2,1-2H3,(H,17,20). The van der Waals surface area contributed by atoms with Crippen molar-refractivity contribution in [3.63, 3.8) is 0 Å². The third-order valence-corrected chi connectivity index (χ3v) is 4.56. The SMILES string of the molecule is CC(C)(C#N)N1CCN(C(=O)NC2CCCCC2)CC1. The molecule has 0 spiro atoms. The van der Waals surface area contributed by atoms with Crippen LogP contribution in [0, 0.1) is 11.3 Å². The molecule has 2 aliphatic rings. The maximum absolute atomic E-state index is 12.2. The first-order valence-corrected chi connectivity index (χ1v) is 7.75. The Morgan fingerprint density at radius 3 is 2.30 bits per heavy atom. The molecule has 5 heteroatoms. The van der Waals surface area contributed by atoms with Crippen molar-refractivity contribution >= 4 is 6.03 Å². The summed E-state index contributed by atoms with van der Waals surface area (Å²) in [7, 11) is 0. The quantitative estimate of drug-likeness (QED) is 0.840. The Morgan fingerprint density at radius 1 is 1.15 bits per heavy atom. The van der Waals surface area contributed by atoms with Gasteiger partial charge in [-0.05, 0) is 26.7 Å². The highest BCUT2D eigenvalue weighted by Crippen LogP contribution is 2.19. The normalized spacial score (nSPS) is 22.4. The zero-order valence-corrected chi connectivity index (χ0v) is 12.7. The molecule has 112 valence electrons. The number of piperazine rings is 1. The van der Waals surface area contributed by atoms with Crippen LogP contribution in [0.2, 0.25) is 0 Å². The van der Waals surface area contributed by atoms with E-state index in [0.29, 0.717) is 19.1 Å². The van der Waals surface area contributed by atoms with E-state index >= 15 is 0 Å². The highest BCUT2D eigenvalue weighted by molar-refractivity contribution is 5.74. The van der Waals surface area contributed by atoms with E-state index in [0.717, 1.165) is 25.9 Å². The summed E-state index contributed by atoms with van der Waals surface area (Å²) in [5, 5.41) is 12.3. The number of carbonyl (C=O) groups excluding carboxylic acids is 1. The van der Waals surface area contributed by atoms with Gasteiger partial charge in [0.05, 0.1) is 6.07 Å². The van der Waals surface area contributed by atoms with Crippen molar-refractivity contribution in [2.45, 2.75) is 57.5 Å². The number of nitrogens with one attached hydrogen (secondary N) is 1. The molecule has 0 aromatic rings. The summed E-state index contributed by atoms with van der Waals surface area (Å²) in [6.07, 6.45) is 6.00. The minimum atomic E-state index is -0.439. The lowest BCUT2D eigenvalue weighted by molar-refractivity contribution is 0.0908. The van der Waals surface area contributed by atoms with E-state index < -0.39 is 5.54 Å². The van der Waals surface area contributed by atoms with Gasteiger partial charge in [0.15, 0.2) is 0 Å². The third-order valence-electron chi connectivity index (χ3n) is 4.56. The molecule has 0 atom stereocenters. The van der Waals surface area contributed by atoms with E-state index in [2.05, 4.69) is 16.3 Å². The number of hydrogen-bond acceptors (Lipinski definition) is 3. The molecule has 1 heterocycles. The van der Waals surface area contributed by atoms with Crippen molar-refractivity contribution in [1.29, 1.82) is 5.26 Å². The Bertz CT molecular complexity index is 374. The van der Waals surface area contributed by atoms with Gasteiger partial charge in [-0.3, -0.25) is 4.90 Å². The smallest absolute Gasteiger partial charge is 0.317 e. The molecule has 1 saturated heterocycles. The minimum Gasteiger partial charge on any atom is -0.335 e. The van der Waals surface area contributed by atoms with Crippen molar-refractivity contribution in [3.8, 4) is 6.07 Å². The topological polar surface area (TPSA) is 59.4 Å². The van der Waals surface area contributed by atoms with Gasteiger partial charge in [0, 0.05) is 32.2 Å². The van der Waals surface area contributed by atoms with E-state index in [1.54, 1.807) is 0 Å². The summed E-state index contributed by atoms with van der Waals surface area (Å²) in [4.78, 5) is 16.3. The molecular weight excluding hydrogens is 252 g/mol. The lowest BCUT2D eigenvalue weighted by atomic mass is 9.96. The summed E-state index contributed by atoms with van der Waals surface area (Å²) < 4.78 is 0. The van der Waals surface area contributed by atoms with Crippen LogP contribution in [0.4, 0.5) is 4.79 Å². The monoisotopic (exact) mass is 278 g/mol. The van der Waals surface area contributed by atoms with Gasteiger partial charge in [0.25, 0.3) is 0 Å². The average Bonchev–Trinajstić information content (AvgIpc) is 2.48. The third kappa shape index (κ3) is 3.63.